The number of benzene rings is 1. The molecular formula is C21H32BNO5. The van der Waals surface area contributed by atoms with Gasteiger partial charge in [-0.15, -0.1) is 0 Å². The van der Waals surface area contributed by atoms with Gasteiger partial charge in [0, 0.05) is 11.0 Å². The van der Waals surface area contributed by atoms with Crippen LogP contribution in [0, 0.1) is 12.3 Å². The quantitative estimate of drug-likeness (QED) is 0.744. The Bertz CT molecular complexity index is 768. The van der Waals surface area contributed by atoms with Crippen molar-refractivity contribution in [2.75, 3.05) is 6.54 Å². The second-order valence-electron chi connectivity index (χ2n) is 10.0. The van der Waals surface area contributed by atoms with E-state index in [0.717, 1.165) is 22.3 Å². The summed E-state index contributed by atoms with van der Waals surface area (Å²) in [6, 6.07) is 3.99. The molecule has 2 aliphatic heterocycles. The topological polar surface area (TPSA) is 68.2 Å². The lowest BCUT2D eigenvalue weighted by Gasteiger charge is -2.32. The number of amides is 1. The molecule has 0 aromatic heterocycles. The second kappa shape index (κ2) is 6.66. The SMILES string of the molecule is Cc1cc(B2OC(C)(C)C(C)(C)O2)cc2c1OC(C(C)(C)C)CN(C(=O)O)C2. The van der Waals surface area contributed by atoms with Crippen LogP contribution in [0.15, 0.2) is 12.1 Å². The molecule has 2 heterocycles. The van der Waals surface area contributed by atoms with Crippen molar-refractivity contribution in [2.24, 2.45) is 5.41 Å². The van der Waals surface area contributed by atoms with E-state index < -0.39 is 24.4 Å². The van der Waals surface area contributed by atoms with Gasteiger partial charge < -0.3 is 24.1 Å². The van der Waals surface area contributed by atoms with Gasteiger partial charge >= 0.3 is 13.2 Å². The van der Waals surface area contributed by atoms with E-state index >= 15 is 0 Å². The normalized spacial score (nSPS) is 23.8. The monoisotopic (exact) mass is 389 g/mol. The number of carbonyl (C=O) groups is 1. The molecule has 1 aromatic rings. The van der Waals surface area contributed by atoms with Crippen molar-refractivity contribution in [3.63, 3.8) is 0 Å². The van der Waals surface area contributed by atoms with E-state index in [1.54, 1.807) is 0 Å². The Balaban J connectivity index is 2.01. The van der Waals surface area contributed by atoms with Gasteiger partial charge in [0.2, 0.25) is 0 Å². The molecule has 3 rings (SSSR count). The summed E-state index contributed by atoms with van der Waals surface area (Å²) in [7, 11) is -0.492. The molecule has 1 fully saturated rings. The molecule has 2 aliphatic rings. The van der Waals surface area contributed by atoms with Crippen molar-refractivity contribution in [2.45, 2.75) is 79.2 Å². The van der Waals surface area contributed by atoms with Crippen LogP contribution < -0.4 is 10.2 Å². The fourth-order valence-electron chi connectivity index (χ4n) is 3.52. The average molecular weight is 389 g/mol. The molecule has 0 aliphatic carbocycles. The van der Waals surface area contributed by atoms with Gasteiger partial charge in [-0.3, -0.25) is 0 Å². The van der Waals surface area contributed by atoms with Crippen LogP contribution in [0.2, 0.25) is 0 Å². The number of nitrogens with zero attached hydrogens (tertiary/aromatic N) is 1. The van der Waals surface area contributed by atoms with Crippen molar-refractivity contribution in [3.05, 3.63) is 23.3 Å². The van der Waals surface area contributed by atoms with Crippen LogP contribution in [0.4, 0.5) is 4.79 Å². The standard InChI is InChI=1S/C21H32BNO5/c1-13-9-15(22-27-20(5,6)21(7,8)28-22)10-14-11-23(18(24)25)12-16(19(2,3)4)26-17(13)14/h9-10,16H,11-12H2,1-8H3,(H,24,25). The lowest BCUT2D eigenvalue weighted by molar-refractivity contribution is 0.00578. The molecule has 0 spiro atoms. The molecule has 1 aromatic carbocycles. The third-order valence-electron chi connectivity index (χ3n) is 6.14. The summed E-state index contributed by atoms with van der Waals surface area (Å²) in [5.41, 5.74) is 1.64. The summed E-state index contributed by atoms with van der Waals surface area (Å²) in [6.45, 7) is 16.9. The fraction of sp³-hybridized carbons (Fsp3) is 0.667. The van der Waals surface area contributed by atoms with Gasteiger partial charge in [-0.2, -0.15) is 0 Å². The second-order valence-corrected chi connectivity index (χ2v) is 10.0. The third-order valence-corrected chi connectivity index (χ3v) is 6.14. The smallest absolute Gasteiger partial charge is 0.487 e. The van der Waals surface area contributed by atoms with Crippen LogP contribution in [-0.2, 0) is 15.9 Å². The van der Waals surface area contributed by atoms with E-state index in [0.29, 0.717) is 6.54 Å². The van der Waals surface area contributed by atoms with E-state index in [-0.39, 0.29) is 18.1 Å². The van der Waals surface area contributed by atoms with Crippen LogP contribution in [0.25, 0.3) is 0 Å². The van der Waals surface area contributed by atoms with Crippen LogP contribution in [0.3, 0.4) is 0 Å². The highest BCUT2D eigenvalue weighted by Crippen LogP contribution is 2.38. The van der Waals surface area contributed by atoms with Gasteiger partial charge in [-0.25, -0.2) is 4.79 Å². The van der Waals surface area contributed by atoms with E-state index in [2.05, 4.69) is 20.8 Å². The molecule has 0 bridgehead atoms. The lowest BCUT2D eigenvalue weighted by atomic mass is 9.77. The zero-order valence-corrected chi connectivity index (χ0v) is 18.3. The van der Waals surface area contributed by atoms with Gasteiger partial charge in [0.1, 0.15) is 11.9 Å². The maximum atomic E-state index is 11.8. The minimum absolute atomic E-state index is 0.188. The summed E-state index contributed by atoms with van der Waals surface area (Å²) in [4.78, 5) is 13.2. The van der Waals surface area contributed by atoms with Crippen molar-refractivity contribution >= 4 is 18.7 Å². The minimum atomic E-state index is -0.940. The first-order chi connectivity index (χ1) is 12.7. The maximum absolute atomic E-state index is 11.8. The molecule has 1 saturated heterocycles. The highest BCUT2D eigenvalue weighted by atomic mass is 16.7. The van der Waals surface area contributed by atoms with Gasteiger partial charge in [-0.05, 0) is 45.6 Å². The Morgan fingerprint density at radius 1 is 1.18 bits per heavy atom. The number of hydrogen-bond donors (Lipinski definition) is 1. The number of carboxylic acid groups (broad SMARTS) is 1. The van der Waals surface area contributed by atoms with E-state index in [1.165, 1.54) is 4.90 Å². The summed E-state index contributed by atoms with van der Waals surface area (Å²) < 4.78 is 18.7. The number of fused-ring (bicyclic) bond motifs is 1. The van der Waals surface area contributed by atoms with E-state index in [9.17, 15) is 9.90 Å². The van der Waals surface area contributed by atoms with Crippen molar-refractivity contribution < 1.29 is 23.9 Å². The summed E-state index contributed by atoms with van der Waals surface area (Å²) in [6.07, 6.45) is -1.17. The lowest BCUT2D eigenvalue weighted by Crippen LogP contribution is -2.43. The maximum Gasteiger partial charge on any atom is 0.494 e. The first-order valence-corrected chi connectivity index (χ1v) is 9.85. The fourth-order valence-corrected chi connectivity index (χ4v) is 3.52. The summed E-state index contributed by atoms with van der Waals surface area (Å²) in [5, 5.41) is 9.68. The Hall–Kier alpha value is -1.73. The number of rotatable bonds is 1. The van der Waals surface area contributed by atoms with Gasteiger partial charge in [-0.1, -0.05) is 32.9 Å². The Morgan fingerprint density at radius 2 is 1.75 bits per heavy atom. The molecule has 28 heavy (non-hydrogen) atoms. The van der Waals surface area contributed by atoms with Crippen LogP contribution in [-0.4, -0.2) is 47.1 Å². The van der Waals surface area contributed by atoms with Gasteiger partial charge in [0.15, 0.2) is 0 Å². The van der Waals surface area contributed by atoms with E-state index in [4.69, 9.17) is 14.0 Å². The van der Waals surface area contributed by atoms with Crippen molar-refractivity contribution in [1.29, 1.82) is 0 Å². The minimum Gasteiger partial charge on any atom is -0.487 e. The molecule has 1 N–H and O–H groups in total. The zero-order chi connectivity index (χ0) is 21.1. The largest absolute Gasteiger partial charge is 0.494 e. The number of hydrogen-bond acceptors (Lipinski definition) is 4. The predicted molar refractivity (Wildman–Crippen MR) is 109 cm³/mol. The molecule has 1 atom stereocenters. The van der Waals surface area contributed by atoms with Crippen molar-refractivity contribution in [1.82, 2.24) is 4.90 Å². The molecule has 6 nitrogen and oxygen atoms in total. The van der Waals surface area contributed by atoms with Crippen LogP contribution >= 0.6 is 0 Å². The molecule has 0 radical (unpaired) electrons. The summed E-state index contributed by atoms with van der Waals surface area (Å²) in [5.74, 6) is 0.768. The first-order valence-electron chi connectivity index (χ1n) is 9.85. The number of ether oxygens (including phenoxy) is 1. The Morgan fingerprint density at radius 3 is 2.25 bits per heavy atom. The van der Waals surface area contributed by atoms with Gasteiger partial charge in [0.25, 0.3) is 0 Å². The molecule has 1 unspecified atom stereocenters. The van der Waals surface area contributed by atoms with Crippen LogP contribution in [0.1, 0.15) is 59.6 Å². The third kappa shape index (κ3) is 3.74. The first kappa shape index (κ1) is 21.0. The molecule has 0 saturated carbocycles. The highest BCUT2D eigenvalue weighted by molar-refractivity contribution is 6.62. The summed E-state index contributed by atoms with van der Waals surface area (Å²) >= 11 is 0. The highest BCUT2D eigenvalue weighted by Gasteiger charge is 2.52. The average Bonchev–Trinajstić information content (AvgIpc) is 2.69. The molecule has 7 heteroatoms. The predicted octanol–water partition coefficient (Wildman–Crippen LogP) is 3.58. The number of aryl methyl sites for hydroxylation is 1. The van der Waals surface area contributed by atoms with E-state index in [1.807, 2.05) is 46.8 Å². The molecule has 154 valence electrons. The van der Waals surface area contributed by atoms with Crippen molar-refractivity contribution in [3.8, 4) is 5.75 Å². The molecule has 1 amide bonds. The van der Waals surface area contributed by atoms with Crippen LogP contribution in [0.5, 0.6) is 5.75 Å². The Kier molecular flexibility index (Phi) is 5.00. The zero-order valence-electron chi connectivity index (χ0n) is 18.3. The van der Waals surface area contributed by atoms with Gasteiger partial charge in [0.05, 0.1) is 24.3 Å². The Labute approximate surface area is 168 Å². The molecular weight excluding hydrogens is 357 g/mol.